The van der Waals surface area contributed by atoms with E-state index in [0.717, 1.165) is 0 Å². The van der Waals surface area contributed by atoms with Gasteiger partial charge in [0.2, 0.25) is 0 Å². The molecule has 1 rings (SSSR count). The van der Waals surface area contributed by atoms with Gasteiger partial charge in [0.15, 0.2) is 14.1 Å². The van der Waals surface area contributed by atoms with Gasteiger partial charge in [0.25, 0.3) is 0 Å². The smallest absolute Gasteiger partial charge is 0.192 e. The molecule has 4 nitrogen and oxygen atoms in total. The molecule has 1 N–H and O–H groups in total. The fourth-order valence-corrected chi connectivity index (χ4v) is 2.73. The summed E-state index contributed by atoms with van der Waals surface area (Å²) in [6.07, 6.45) is -0.469. The maximum atomic E-state index is 9.31. The fourth-order valence-electron chi connectivity index (χ4n) is 1.71. The number of hydrogen-bond acceptors (Lipinski definition) is 4. The van der Waals surface area contributed by atoms with Gasteiger partial charge in [-0.1, -0.05) is 20.8 Å². The second kappa shape index (κ2) is 5.21. The lowest BCUT2D eigenvalue weighted by molar-refractivity contribution is -0.151. The molecule has 2 atom stereocenters. The number of hydrogen-bond donors (Lipinski definition) is 1. The van der Waals surface area contributed by atoms with Gasteiger partial charge in [-0.15, -0.1) is 0 Å². The normalized spacial score (nSPS) is 28.7. The van der Waals surface area contributed by atoms with Gasteiger partial charge in [-0.3, -0.25) is 0 Å². The van der Waals surface area contributed by atoms with Crippen molar-refractivity contribution in [3.8, 4) is 0 Å². The molecule has 0 spiro atoms. The van der Waals surface area contributed by atoms with Crippen LogP contribution in [0.1, 0.15) is 34.6 Å². The summed E-state index contributed by atoms with van der Waals surface area (Å²) >= 11 is 0. The Morgan fingerprint density at radius 2 is 1.67 bits per heavy atom. The van der Waals surface area contributed by atoms with Crippen LogP contribution in [-0.4, -0.2) is 44.6 Å². The molecule has 0 amide bonds. The molecule has 18 heavy (non-hydrogen) atoms. The van der Waals surface area contributed by atoms with Gasteiger partial charge in [0, 0.05) is 0 Å². The molecule has 1 aliphatic heterocycles. The second-order valence-electron chi connectivity index (χ2n) is 6.97. The van der Waals surface area contributed by atoms with E-state index in [2.05, 4.69) is 33.9 Å². The van der Waals surface area contributed by atoms with Gasteiger partial charge < -0.3 is 19.0 Å². The zero-order valence-corrected chi connectivity index (χ0v) is 13.7. The molecule has 0 aromatic carbocycles. The SMILES string of the molecule is CC1(C)O[C@@H](CO[Si](C)(C)C(C)(C)C)[C@@H](CO)O1. The lowest BCUT2D eigenvalue weighted by Gasteiger charge is -2.37. The highest BCUT2D eigenvalue weighted by atomic mass is 28.4. The third-order valence-electron chi connectivity index (χ3n) is 3.88. The van der Waals surface area contributed by atoms with Crippen molar-refractivity contribution < 1.29 is 19.0 Å². The van der Waals surface area contributed by atoms with E-state index < -0.39 is 14.1 Å². The van der Waals surface area contributed by atoms with Gasteiger partial charge in [-0.05, 0) is 32.0 Å². The Morgan fingerprint density at radius 3 is 2.11 bits per heavy atom. The standard InChI is InChI=1S/C13H28O4Si/c1-12(2,3)18(6,7)15-9-11-10(8-14)16-13(4,5)17-11/h10-11,14H,8-9H2,1-7H3/t10-,11+/m1/s1. The van der Waals surface area contributed by atoms with Gasteiger partial charge in [-0.25, -0.2) is 0 Å². The van der Waals surface area contributed by atoms with Crippen LogP contribution in [0, 0.1) is 0 Å². The Morgan fingerprint density at radius 1 is 1.17 bits per heavy atom. The Bertz CT molecular complexity index is 283. The molecule has 0 aromatic rings. The number of rotatable bonds is 4. The van der Waals surface area contributed by atoms with E-state index in [0.29, 0.717) is 6.61 Å². The summed E-state index contributed by atoms with van der Waals surface area (Å²) < 4.78 is 17.5. The lowest BCUT2D eigenvalue weighted by Crippen LogP contribution is -2.44. The molecule has 0 unspecified atom stereocenters. The lowest BCUT2D eigenvalue weighted by atomic mass is 10.2. The largest absolute Gasteiger partial charge is 0.414 e. The van der Waals surface area contributed by atoms with Crippen LogP contribution < -0.4 is 0 Å². The van der Waals surface area contributed by atoms with Crippen LogP contribution in [0.3, 0.4) is 0 Å². The molecule has 1 saturated heterocycles. The van der Waals surface area contributed by atoms with Gasteiger partial charge >= 0.3 is 0 Å². The molecule has 0 aliphatic carbocycles. The average Bonchev–Trinajstić information content (AvgIpc) is 2.48. The van der Waals surface area contributed by atoms with E-state index in [-0.39, 0.29) is 23.9 Å². The van der Waals surface area contributed by atoms with E-state index in [1.54, 1.807) is 0 Å². The molecule has 108 valence electrons. The van der Waals surface area contributed by atoms with Crippen LogP contribution in [0.15, 0.2) is 0 Å². The summed E-state index contributed by atoms with van der Waals surface area (Å²) in [7, 11) is -1.78. The highest BCUT2D eigenvalue weighted by molar-refractivity contribution is 6.74. The summed E-state index contributed by atoms with van der Waals surface area (Å²) in [5.41, 5.74) is 0. The highest BCUT2D eigenvalue weighted by Crippen LogP contribution is 2.37. The first kappa shape index (κ1) is 16.1. The Labute approximate surface area is 112 Å². The minimum Gasteiger partial charge on any atom is -0.414 e. The monoisotopic (exact) mass is 276 g/mol. The summed E-state index contributed by atoms with van der Waals surface area (Å²) in [4.78, 5) is 0. The fraction of sp³-hybridized carbons (Fsp3) is 1.00. The maximum Gasteiger partial charge on any atom is 0.192 e. The molecule has 1 fully saturated rings. The Hall–Kier alpha value is 0.0569. The number of aliphatic hydroxyl groups excluding tert-OH is 1. The van der Waals surface area contributed by atoms with E-state index in [4.69, 9.17) is 13.9 Å². The Balaban J connectivity index is 2.58. The maximum absolute atomic E-state index is 9.31. The van der Waals surface area contributed by atoms with E-state index in [1.807, 2.05) is 13.8 Å². The summed E-state index contributed by atoms with van der Waals surface area (Å²) in [6, 6.07) is 0. The van der Waals surface area contributed by atoms with Crippen LogP contribution in [0.25, 0.3) is 0 Å². The molecule has 5 heteroatoms. The van der Waals surface area contributed by atoms with Crippen molar-refractivity contribution in [3.63, 3.8) is 0 Å². The minimum absolute atomic E-state index is 0.0328. The van der Waals surface area contributed by atoms with Crippen molar-refractivity contribution in [2.45, 2.75) is 70.7 Å². The summed E-state index contributed by atoms with van der Waals surface area (Å²) in [6.45, 7) is 15.2. The predicted octanol–water partition coefficient (Wildman–Crippen LogP) is 2.52. The zero-order valence-electron chi connectivity index (χ0n) is 12.7. The molecule has 0 bridgehead atoms. The topological polar surface area (TPSA) is 47.9 Å². The summed E-state index contributed by atoms with van der Waals surface area (Å²) in [5, 5.41) is 9.49. The third kappa shape index (κ3) is 3.77. The molecule has 0 saturated carbocycles. The first-order chi connectivity index (χ1) is 7.98. The van der Waals surface area contributed by atoms with Crippen molar-refractivity contribution in [1.82, 2.24) is 0 Å². The highest BCUT2D eigenvalue weighted by Gasteiger charge is 2.43. The second-order valence-corrected chi connectivity index (χ2v) is 11.8. The average molecular weight is 276 g/mol. The first-order valence-electron chi connectivity index (χ1n) is 6.59. The molecule has 1 aliphatic rings. The molecule has 1 heterocycles. The third-order valence-corrected chi connectivity index (χ3v) is 8.38. The van der Waals surface area contributed by atoms with E-state index in [1.165, 1.54) is 0 Å². The van der Waals surface area contributed by atoms with Crippen molar-refractivity contribution in [2.75, 3.05) is 13.2 Å². The van der Waals surface area contributed by atoms with Crippen LogP contribution in [0.2, 0.25) is 18.1 Å². The molecular formula is C13H28O4Si. The van der Waals surface area contributed by atoms with Gasteiger partial charge in [0.1, 0.15) is 12.2 Å². The van der Waals surface area contributed by atoms with Crippen molar-refractivity contribution in [2.24, 2.45) is 0 Å². The molecule has 0 aromatic heterocycles. The quantitative estimate of drug-likeness (QED) is 0.802. The number of aliphatic hydroxyl groups is 1. The van der Waals surface area contributed by atoms with Crippen molar-refractivity contribution >= 4 is 8.32 Å². The predicted molar refractivity (Wildman–Crippen MR) is 74.1 cm³/mol. The minimum atomic E-state index is -1.78. The Kier molecular flexibility index (Phi) is 4.66. The first-order valence-corrected chi connectivity index (χ1v) is 9.50. The van der Waals surface area contributed by atoms with Crippen molar-refractivity contribution in [3.05, 3.63) is 0 Å². The van der Waals surface area contributed by atoms with E-state index in [9.17, 15) is 5.11 Å². The molecule has 0 radical (unpaired) electrons. The van der Waals surface area contributed by atoms with Crippen LogP contribution in [-0.2, 0) is 13.9 Å². The molecular weight excluding hydrogens is 248 g/mol. The number of ether oxygens (including phenoxy) is 2. The summed E-state index contributed by atoms with van der Waals surface area (Å²) in [5.74, 6) is -0.630. The zero-order chi connectivity index (χ0) is 14.2. The van der Waals surface area contributed by atoms with Crippen molar-refractivity contribution in [1.29, 1.82) is 0 Å². The van der Waals surface area contributed by atoms with E-state index >= 15 is 0 Å². The van der Waals surface area contributed by atoms with Crippen LogP contribution in [0.4, 0.5) is 0 Å². The van der Waals surface area contributed by atoms with Gasteiger partial charge in [-0.2, -0.15) is 0 Å². The van der Waals surface area contributed by atoms with Crippen LogP contribution in [0.5, 0.6) is 0 Å². The van der Waals surface area contributed by atoms with Crippen LogP contribution >= 0.6 is 0 Å². The van der Waals surface area contributed by atoms with Gasteiger partial charge in [0.05, 0.1) is 13.2 Å².